The first-order chi connectivity index (χ1) is 10.0. The van der Waals surface area contributed by atoms with E-state index in [-0.39, 0.29) is 5.69 Å². The van der Waals surface area contributed by atoms with E-state index in [0.717, 1.165) is 17.0 Å². The van der Waals surface area contributed by atoms with Crippen molar-refractivity contribution in [2.45, 2.75) is 18.9 Å². The number of aryl methyl sites for hydroxylation is 1. The minimum absolute atomic E-state index is 0.0452. The van der Waals surface area contributed by atoms with E-state index >= 15 is 0 Å². The summed E-state index contributed by atoms with van der Waals surface area (Å²) >= 11 is 6.71. The van der Waals surface area contributed by atoms with E-state index < -0.39 is 4.92 Å². The second-order valence-electron chi connectivity index (χ2n) is 4.35. The van der Waals surface area contributed by atoms with Crippen LogP contribution >= 0.6 is 31.9 Å². The van der Waals surface area contributed by atoms with Crippen LogP contribution in [-0.2, 0) is 11.9 Å². The summed E-state index contributed by atoms with van der Waals surface area (Å²) in [6.07, 6.45) is 0. The SMILES string of the molecule is Cc1ccc(OCc2ccc([N+](=O)[O-])cc2Br)c(CBr)n1. The second-order valence-corrected chi connectivity index (χ2v) is 5.77. The summed E-state index contributed by atoms with van der Waals surface area (Å²) < 4.78 is 6.41. The molecule has 0 atom stereocenters. The predicted molar refractivity (Wildman–Crippen MR) is 86.7 cm³/mol. The van der Waals surface area contributed by atoms with Gasteiger partial charge in [-0.1, -0.05) is 31.9 Å². The van der Waals surface area contributed by atoms with Crippen LogP contribution in [0, 0.1) is 17.0 Å². The van der Waals surface area contributed by atoms with Crippen LogP contribution in [0.3, 0.4) is 0 Å². The van der Waals surface area contributed by atoms with Gasteiger partial charge >= 0.3 is 0 Å². The van der Waals surface area contributed by atoms with Gasteiger partial charge in [-0.3, -0.25) is 15.1 Å². The van der Waals surface area contributed by atoms with E-state index in [0.29, 0.717) is 22.2 Å². The van der Waals surface area contributed by atoms with Crippen molar-refractivity contribution < 1.29 is 9.66 Å². The largest absolute Gasteiger partial charge is 0.487 e. The van der Waals surface area contributed by atoms with Crippen LogP contribution in [0.1, 0.15) is 17.0 Å². The predicted octanol–water partition coefficient (Wildman–Crippen LogP) is 4.53. The van der Waals surface area contributed by atoms with Crippen molar-refractivity contribution in [3.8, 4) is 5.75 Å². The Bertz CT molecular complexity index is 677. The second kappa shape index (κ2) is 7.00. The summed E-state index contributed by atoms with van der Waals surface area (Å²) in [5, 5.41) is 11.3. The van der Waals surface area contributed by atoms with Crippen molar-refractivity contribution >= 4 is 37.5 Å². The molecule has 0 amide bonds. The molecule has 0 aliphatic rings. The van der Waals surface area contributed by atoms with Crippen LogP contribution in [-0.4, -0.2) is 9.91 Å². The maximum atomic E-state index is 10.7. The third-order valence-electron chi connectivity index (χ3n) is 2.83. The number of nitrogens with zero attached hydrogens (tertiary/aromatic N) is 2. The van der Waals surface area contributed by atoms with Crippen LogP contribution in [0.2, 0.25) is 0 Å². The maximum absolute atomic E-state index is 10.7. The van der Waals surface area contributed by atoms with Crippen LogP contribution in [0.25, 0.3) is 0 Å². The number of nitro groups is 1. The number of hydrogen-bond acceptors (Lipinski definition) is 4. The van der Waals surface area contributed by atoms with Crippen molar-refractivity contribution in [3.63, 3.8) is 0 Å². The molecule has 2 rings (SSSR count). The van der Waals surface area contributed by atoms with Crippen LogP contribution in [0.4, 0.5) is 5.69 Å². The lowest BCUT2D eigenvalue weighted by Crippen LogP contribution is -2.01. The minimum Gasteiger partial charge on any atom is -0.487 e. The Hall–Kier alpha value is -1.47. The molecule has 1 aromatic heterocycles. The zero-order valence-electron chi connectivity index (χ0n) is 11.2. The normalized spacial score (nSPS) is 10.4. The molecule has 0 spiro atoms. The first kappa shape index (κ1) is 15.9. The van der Waals surface area contributed by atoms with Gasteiger partial charge < -0.3 is 4.74 Å². The fraction of sp³-hybridized carbons (Fsp3) is 0.214. The molecule has 0 saturated carbocycles. The summed E-state index contributed by atoms with van der Waals surface area (Å²) in [4.78, 5) is 14.7. The molecule has 7 heteroatoms. The highest BCUT2D eigenvalue weighted by atomic mass is 79.9. The van der Waals surface area contributed by atoms with Gasteiger partial charge in [0.05, 0.1) is 10.6 Å². The van der Waals surface area contributed by atoms with Gasteiger partial charge in [0.15, 0.2) is 0 Å². The highest BCUT2D eigenvalue weighted by molar-refractivity contribution is 9.10. The molecule has 1 aromatic carbocycles. The Labute approximate surface area is 138 Å². The van der Waals surface area contributed by atoms with Gasteiger partial charge in [0.1, 0.15) is 12.4 Å². The van der Waals surface area contributed by atoms with E-state index in [1.807, 2.05) is 19.1 Å². The summed E-state index contributed by atoms with van der Waals surface area (Å²) in [7, 11) is 0. The Balaban J connectivity index is 2.15. The molecule has 0 unspecified atom stereocenters. The number of halogens is 2. The van der Waals surface area contributed by atoms with Crippen molar-refractivity contribution in [1.29, 1.82) is 0 Å². The number of ether oxygens (including phenoxy) is 1. The highest BCUT2D eigenvalue weighted by Gasteiger charge is 2.11. The minimum atomic E-state index is -0.428. The number of nitro benzene ring substituents is 1. The van der Waals surface area contributed by atoms with E-state index in [4.69, 9.17) is 4.74 Å². The lowest BCUT2D eigenvalue weighted by molar-refractivity contribution is -0.384. The third kappa shape index (κ3) is 4.01. The number of non-ortho nitro benzene ring substituents is 1. The van der Waals surface area contributed by atoms with Crippen molar-refractivity contribution in [2.75, 3.05) is 0 Å². The molecule has 0 bridgehead atoms. The molecular weight excluding hydrogens is 404 g/mol. The Morgan fingerprint density at radius 1 is 1.33 bits per heavy atom. The third-order valence-corrected chi connectivity index (χ3v) is 4.10. The van der Waals surface area contributed by atoms with Crippen LogP contribution < -0.4 is 4.74 Å². The summed E-state index contributed by atoms with van der Waals surface area (Å²) in [6, 6.07) is 8.36. The molecule has 0 fully saturated rings. The van der Waals surface area contributed by atoms with Gasteiger partial charge in [0, 0.05) is 33.2 Å². The van der Waals surface area contributed by atoms with Crippen molar-refractivity contribution in [1.82, 2.24) is 4.98 Å². The lowest BCUT2D eigenvalue weighted by Gasteiger charge is -2.11. The first-order valence-electron chi connectivity index (χ1n) is 6.09. The molecule has 0 saturated heterocycles. The van der Waals surface area contributed by atoms with Gasteiger partial charge in [-0.15, -0.1) is 0 Å². The summed E-state index contributed by atoms with van der Waals surface area (Å²) in [6.45, 7) is 2.23. The quantitative estimate of drug-likeness (QED) is 0.408. The van der Waals surface area contributed by atoms with Gasteiger partial charge in [0.25, 0.3) is 5.69 Å². The van der Waals surface area contributed by atoms with E-state index in [1.165, 1.54) is 12.1 Å². The molecule has 0 aliphatic carbocycles. The Morgan fingerprint density at radius 2 is 2.10 bits per heavy atom. The topological polar surface area (TPSA) is 65.3 Å². The smallest absolute Gasteiger partial charge is 0.270 e. The monoisotopic (exact) mass is 414 g/mol. The number of benzene rings is 1. The average molecular weight is 416 g/mol. The number of aromatic nitrogens is 1. The van der Waals surface area contributed by atoms with Gasteiger partial charge in [-0.2, -0.15) is 0 Å². The van der Waals surface area contributed by atoms with Crippen LogP contribution in [0.15, 0.2) is 34.8 Å². The van der Waals surface area contributed by atoms with Crippen molar-refractivity contribution in [2.24, 2.45) is 0 Å². The number of hydrogen-bond donors (Lipinski definition) is 0. The molecule has 5 nitrogen and oxygen atoms in total. The molecular formula is C14H12Br2N2O3. The Morgan fingerprint density at radius 3 is 2.71 bits per heavy atom. The molecule has 2 aromatic rings. The van der Waals surface area contributed by atoms with E-state index in [9.17, 15) is 10.1 Å². The zero-order chi connectivity index (χ0) is 15.4. The van der Waals surface area contributed by atoms with Gasteiger partial charge in [0.2, 0.25) is 0 Å². The van der Waals surface area contributed by atoms with Gasteiger partial charge in [-0.25, -0.2) is 0 Å². The molecule has 0 aliphatic heterocycles. The zero-order valence-corrected chi connectivity index (χ0v) is 14.3. The number of pyridine rings is 1. The fourth-order valence-electron chi connectivity index (χ4n) is 1.75. The fourth-order valence-corrected chi connectivity index (χ4v) is 2.63. The first-order valence-corrected chi connectivity index (χ1v) is 8.01. The van der Waals surface area contributed by atoms with Gasteiger partial charge in [-0.05, 0) is 25.1 Å². The lowest BCUT2D eigenvalue weighted by atomic mass is 10.2. The summed E-state index contributed by atoms with van der Waals surface area (Å²) in [5.74, 6) is 0.697. The molecule has 0 N–H and O–H groups in total. The Kier molecular flexibility index (Phi) is 5.30. The maximum Gasteiger partial charge on any atom is 0.270 e. The summed E-state index contributed by atoms with van der Waals surface area (Å²) in [5.41, 5.74) is 2.63. The van der Waals surface area contributed by atoms with E-state index in [2.05, 4.69) is 36.8 Å². The highest BCUT2D eigenvalue weighted by Crippen LogP contribution is 2.26. The number of rotatable bonds is 5. The average Bonchev–Trinajstić information content (AvgIpc) is 2.46. The standard InChI is InChI=1S/C14H12Br2N2O3/c1-9-2-5-14(13(7-15)17-9)21-8-10-3-4-11(18(19)20)6-12(10)16/h2-6H,7-8H2,1H3. The van der Waals surface area contributed by atoms with Crippen LogP contribution in [0.5, 0.6) is 5.75 Å². The van der Waals surface area contributed by atoms with E-state index in [1.54, 1.807) is 6.07 Å². The van der Waals surface area contributed by atoms with Crippen molar-refractivity contribution in [3.05, 3.63) is 61.9 Å². The molecule has 1 heterocycles. The molecule has 110 valence electrons. The molecule has 21 heavy (non-hydrogen) atoms. The number of alkyl halides is 1. The molecule has 0 radical (unpaired) electrons.